The summed E-state index contributed by atoms with van der Waals surface area (Å²) >= 11 is 0. The summed E-state index contributed by atoms with van der Waals surface area (Å²) in [5.41, 5.74) is 0. The van der Waals surface area contributed by atoms with Gasteiger partial charge in [-0.2, -0.15) is 0 Å². The van der Waals surface area contributed by atoms with Crippen LogP contribution in [0.15, 0.2) is 36.5 Å². The Morgan fingerprint density at radius 3 is 2.30 bits per heavy atom. The van der Waals surface area contributed by atoms with E-state index in [1.807, 2.05) is 6.92 Å². The maximum absolute atomic E-state index is 11.6. The molecule has 1 heterocycles. The van der Waals surface area contributed by atoms with Crippen LogP contribution >= 0.6 is 0 Å². The first kappa shape index (κ1) is 16.7. The van der Waals surface area contributed by atoms with Gasteiger partial charge in [-0.05, 0) is 58.3 Å². The summed E-state index contributed by atoms with van der Waals surface area (Å²) in [6.07, 6.45) is 22.0. The Morgan fingerprint density at radius 1 is 0.900 bits per heavy atom. The van der Waals surface area contributed by atoms with Crippen LogP contribution in [-0.4, -0.2) is 12.1 Å². The molecule has 0 bridgehead atoms. The van der Waals surface area contributed by atoms with E-state index in [1.54, 1.807) is 0 Å². The first-order chi connectivity index (χ1) is 9.79. The fourth-order valence-electron chi connectivity index (χ4n) is 2.16. The van der Waals surface area contributed by atoms with E-state index in [4.69, 9.17) is 4.74 Å². The van der Waals surface area contributed by atoms with Crippen molar-refractivity contribution in [2.75, 3.05) is 0 Å². The Labute approximate surface area is 123 Å². The summed E-state index contributed by atoms with van der Waals surface area (Å²) in [7, 11) is 0. The predicted octanol–water partition coefficient (Wildman–Crippen LogP) is 5.11. The molecular formula is C18H28O2. The van der Waals surface area contributed by atoms with Crippen molar-refractivity contribution in [3.63, 3.8) is 0 Å². The predicted molar refractivity (Wildman–Crippen MR) is 84.5 cm³/mol. The minimum atomic E-state index is -0.0505. The van der Waals surface area contributed by atoms with E-state index in [9.17, 15) is 4.79 Å². The molecule has 0 aromatic carbocycles. The zero-order valence-corrected chi connectivity index (χ0v) is 12.7. The number of esters is 1. The lowest BCUT2D eigenvalue weighted by Crippen LogP contribution is -2.14. The third-order valence-electron chi connectivity index (χ3n) is 3.34. The smallest absolute Gasteiger partial charge is 0.306 e. The van der Waals surface area contributed by atoms with Gasteiger partial charge >= 0.3 is 5.97 Å². The van der Waals surface area contributed by atoms with Crippen molar-refractivity contribution in [1.82, 2.24) is 0 Å². The second kappa shape index (κ2) is 11.5. The van der Waals surface area contributed by atoms with Crippen LogP contribution in [0.25, 0.3) is 0 Å². The monoisotopic (exact) mass is 276 g/mol. The molecule has 1 unspecified atom stereocenters. The third kappa shape index (κ3) is 9.60. The fraction of sp³-hybridized carbons (Fsp3) is 0.611. The van der Waals surface area contributed by atoms with Gasteiger partial charge < -0.3 is 4.74 Å². The summed E-state index contributed by atoms with van der Waals surface area (Å²) in [4.78, 5) is 11.6. The summed E-state index contributed by atoms with van der Waals surface area (Å²) in [5.74, 6) is -0.0505. The molecule has 1 atom stereocenters. The van der Waals surface area contributed by atoms with Crippen molar-refractivity contribution >= 4 is 5.97 Å². The number of hydrogen-bond donors (Lipinski definition) is 0. The van der Waals surface area contributed by atoms with E-state index in [0.717, 1.165) is 51.4 Å². The molecule has 1 aliphatic heterocycles. The molecule has 0 spiro atoms. The van der Waals surface area contributed by atoms with Crippen molar-refractivity contribution < 1.29 is 9.53 Å². The number of hydrogen-bond acceptors (Lipinski definition) is 2. The quantitative estimate of drug-likeness (QED) is 0.454. The van der Waals surface area contributed by atoms with Gasteiger partial charge in [0.1, 0.15) is 0 Å². The van der Waals surface area contributed by atoms with Crippen LogP contribution in [0.1, 0.15) is 64.7 Å². The molecule has 112 valence electrons. The van der Waals surface area contributed by atoms with Gasteiger partial charge in [0.25, 0.3) is 0 Å². The van der Waals surface area contributed by atoms with Gasteiger partial charge in [-0.15, -0.1) is 0 Å². The number of carbonyl (C=O) groups excluding carboxylic acids is 1. The number of cyclic esters (lactones) is 1. The molecule has 2 heteroatoms. The number of rotatable bonds is 0. The zero-order chi connectivity index (χ0) is 14.5. The Kier molecular flexibility index (Phi) is 9.64. The van der Waals surface area contributed by atoms with Crippen LogP contribution in [0, 0.1) is 0 Å². The molecule has 0 aromatic rings. The number of carbonyl (C=O) groups is 1. The highest BCUT2D eigenvalue weighted by atomic mass is 16.5. The highest BCUT2D eigenvalue weighted by Gasteiger charge is 2.08. The molecule has 20 heavy (non-hydrogen) atoms. The van der Waals surface area contributed by atoms with Crippen LogP contribution in [0.3, 0.4) is 0 Å². The Hall–Kier alpha value is -1.31. The van der Waals surface area contributed by atoms with Gasteiger partial charge in [-0.25, -0.2) is 0 Å². The largest absolute Gasteiger partial charge is 0.463 e. The molecule has 1 aliphatic rings. The molecule has 0 aliphatic carbocycles. The fourth-order valence-corrected chi connectivity index (χ4v) is 2.16. The summed E-state index contributed by atoms with van der Waals surface area (Å²) in [5, 5.41) is 0. The van der Waals surface area contributed by atoms with Crippen molar-refractivity contribution in [2.24, 2.45) is 0 Å². The lowest BCUT2D eigenvalue weighted by molar-refractivity contribution is -0.148. The maximum atomic E-state index is 11.6. The van der Waals surface area contributed by atoms with Gasteiger partial charge in [-0.3, -0.25) is 4.79 Å². The van der Waals surface area contributed by atoms with Crippen LogP contribution in [0.2, 0.25) is 0 Å². The van der Waals surface area contributed by atoms with Crippen molar-refractivity contribution in [3.8, 4) is 0 Å². The third-order valence-corrected chi connectivity index (χ3v) is 3.34. The molecule has 0 aromatic heterocycles. The topological polar surface area (TPSA) is 26.3 Å². The molecule has 1 rings (SSSR count). The summed E-state index contributed by atoms with van der Waals surface area (Å²) < 4.78 is 5.40. The minimum absolute atomic E-state index is 0.0465. The minimum Gasteiger partial charge on any atom is -0.463 e. The average molecular weight is 276 g/mol. The van der Waals surface area contributed by atoms with Gasteiger partial charge in [0, 0.05) is 6.42 Å². The number of allylic oxidation sites excluding steroid dienone is 6. The first-order valence-corrected chi connectivity index (χ1v) is 7.93. The lowest BCUT2D eigenvalue weighted by Gasteiger charge is -2.12. The second-order valence-electron chi connectivity index (χ2n) is 5.35. The first-order valence-electron chi connectivity index (χ1n) is 7.93. The molecule has 0 N–H and O–H groups in total. The van der Waals surface area contributed by atoms with Crippen LogP contribution < -0.4 is 0 Å². The number of ether oxygens (including phenoxy) is 1. The van der Waals surface area contributed by atoms with Gasteiger partial charge in [-0.1, -0.05) is 36.5 Å². The van der Waals surface area contributed by atoms with Gasteiger partial charge in [0.05, 0.1) is 6.10 Å². The zero-order valence-electron chi connectivity index (χ0n) is 12.7. The molecule has 2 nitrogen and oxygen atoms in total. The van der Waals surface area contributed by atoms with E-state index in [1.165, 1.54) is 0 Å². The highest BCUT2D eigenvalue weighted by Crippen LogP contribution is 2.09. The van der Waals surface area contributed by atoms with E-state index >= 15 is 0 Å². The average Bonchev–Trinajstić information content (AvgIpc) is 2.42. The van der Waals surface area contributed by atoms with Gasteiger partial charge in [0.15, 0.2) is 0 Å². The second-order valence-corrected chi connectivity index (χ2v) is 5.35. The lowest BCUT2D eigenvalue weighted by atomic mass is 10.1. The van der Waals surface area contributed by atoms with Crippen LogP contribution in [0.5, 0.6) is 0 Å². The summed E-state index contributed by atoms with van der Waals surface area (Å²) in [6.45, 7) is 1.99. The van der Waals surface area contributed by atoms with E-state index < -0.39 is 0 Å². The Bertz CT molecular complexity index is 339. The van der Waals surface area contributed by atoms with E-state index in [2.05, 4.69) is 36.5 Å². The van der Waals surface area contributed by atoms with Crippen LogP contribution in [0.4, 0.5) is 0 Å². The van der Waals surface area contributed by atoms with Crippen molar-refractivity contribution in [3.05, 3.63) is 36.5 Å². The SMILES string of the molecule is CC1CCC/C=C\C/C=C\CC/C=C\CCCC(=O)O1. The van der Waals surface area contributed by atoms with E-state index in [-0.39, 0.29) is 12.1 Å². The Balaban J connectivity index is 2.38. The normalized spacial score (nSPS) is 28.6. The van der Waals surface area contributed by atoms with Crippen LogP contribution in [-0.2, 0) is 9.53 Å². The maximum Gasteiger partial charge on any atom is 0.306 e. The molecule has 0 saturated heterocycles. The van der Waals surface area contributed by atoms with Crippen molar-refractivity contribution in [2.45, 2.75) is 70.8 Å². The molecule has 0 amide bonds. The molecule has 0 fully saturated rings. The summed E-state index contributed by atoms with van der Waals surface area (Å²) in [6, 6.07) is 0. The highest BCUT2D eigenvalue weighted by molar-refractivity contribution is 5.69. The Morgan fingerprint density at radius 2 is 1.50 bits per heavy atom. The molecule has 0 saturated carbocycles. The van der Waals surface area contributed by atoms with Crippen molar-refractivity contribution in [1.29, 1.82) is 0 Å². The van der Waals surface area contributed by atoms with E-state index in [0.29, 0.717) is 6.42 Å². The standard InChI is InChI=1S/C18H28O2/c1-17-15-13-11-9-7-5-3-2-4-6-8-10-12-14-16-18(19)20-17/h2-3,7-10,17H,4-6,11-16H2,1H3/b3-2-,9-7-,10-8-. The molecular weight excluding hydrogens is 248 g/mol. The molecule has 0 radical (unpaired) electrons. The van der Waals surface area contributed by atoms with Gasteiger partial charge in [0.2, 0.25) is 0 Å².